The van der Waals surface area contributed by atoms with Crippen LogP contribution in [0.1, 0.15) is 27.2 Å². The van der Waals surface area contributed by atoms with Gasteiger partial charge in [-0.05, 0) is 42.8 Å². The van der Waals surface area contributed by atoms with Crippen LogP contribution in [-0.4, -0.2) is 32.6 Å². The predicted octanol–water partition coefficient (Wildman–Crippen LogP) is 3.49. The van der Waals surface area contributed by atoms with E-state index in [1.807, 2.05) is 31.4 Å². The van der Waals surface area contributed by atoms with Gasteiger partial charge in [-0.2, -0.15) is 5.10 Å². The maximum Gasteiger partial charge on any atom is 0.272 e. The molecule has 0 atom stereocenters. The first kappa shape index (κ1) is 20.1. The fourth-order valence-corrected chi connectivity index (χ4v) is 2.97. The molecule has 0 aliphatic heterocycles. The van der Waals surface area contributed by atoms with E-state index in [4.69, 9.17) is 4.74 Å². The summed E-state index contributed by atoms with van der Waals surface area (Å²) in [6.45, 7) is 2.34. The minimum absolute atomic E-state index is 0.0564. The van der Waals surface area contributed by atoms with E-state index >= 15 is 0 Å². The summed E-state index contributed by atoms with van der Waals surface area (Å²) in [5, 5.41) is 15.2. The Labute approximate surface area is 168 Å². The summed E-state index contributed by atoms with van der Waals surface area (Å²) >= 11 is 0. The van der Waals surface area contributed by atoms with E-state index in [0.29, 0.717) is 23.4 Å². The van der Waals surface area contributed by atoms with Crippen LogP contribution in [0.5, 0.6) is 5.75 Å². The van der Waals surface area contributed by atoms with Gasteiger partial charge in [0.15, 0.2) is 0 Å². The van der Waals surface area contributed by atoms with Crippen molar-refractivity contribution in [1.82, 2.24) is 14.7 Å². The highest BCUT2D eigenvalue weighted by molar-refractivity contribution is 5.94. The highest BCUT2D eigenvalue weighted by Crippen LogP contribution is 2.24. The number of nitro groups is 1. The summed E-state index contributed by atoms with van der Waals surface area (Å²) in [5.74, 6) is 0.431. The molecule has 1 amide bonds. The van der Waals surface area contributed by atoms with E-state index in [1.165, 1.54) is 6.07 Å². The van der Waals surface area contributed by atoms with Gasteiger partial charge in [-0.15, -0.1) is 0 Å². The van der Waals surface area contributed by atoms with E-state index in [0.717, 1.165) is 11.3 Å². The number of benzene rings is 2. The molecule has 3 rings (SSSR count). The van der Waals surface area contributed by atoms with E-state index in [9.17, 15) is 14.9 Å². The molecule has 1 heterocycles. The summed E-state index contributed by atoms with van der Waals surface area (Å²) in [5.41, 5.74) is 2.80. The molecule has 0 saturated heterocycles. The average Bonchev–Trinajstić information content (AvgIpc) is 3.10. The topological polar surface area (TPSA) is 90.5 Å². The Hall–Kier alpha value is -3.68. The number of nitro benzene ring substituents is 1. The van der Waals surface area contributed by atoms with Gasteiger partial charge in [0.2, 0.25) is 0 Å². The second-order valence-corrected chi connectivity index (χ2v) is 6.84. The number of hydrogen-bond donors (Lipinski definition) is 0. The lowest BCUT2D eigenvalue weighted by Crippen LogP contribution is -2.26. The van der Waals surface area contributed by atoms with Gasteiger partial charge in [-0.1, -0.05) is 12.1 Å². The number of rotatable bonds is 7. The van der Waals surface area contributed by atoms with Crippen LogP contribution in [0.3, 0.4) is 0 Å². The fraction of sp³-hybridized carbons (Fsp3) is 0.238. The summed E-state index contributed by atoms with van der Waals surface area (Å²) in [6, 6.07) is 13.7. The molecule has 0 spiro atoms. The summed E-state index contributed by atoms with van der Waals surface area (Å²) < 4.78 is 7.44. The Morgan fingerprint density at radius 1 is 1.24 bits per heavy atom. The molecule has 2 aromatic carbocycles. The molecule has 0 fully saturated rings. The number of aryl methyl sites for hydroxylation is 2. The van der Waals surface area contributed by atoms with Gasteiger partial charge < -0.3 is 9.64 Å². The number of carbonyl (C=O) groups excluding carboxylic acids is 1. The van der Waals surface area contributed by atoms with Crippen LogP contribution in [0, 0.1) is 17.0 Å². The monoisotopic (exact) mass is 394 g/mol. The second kappa shape index (κ2) is 8.55. The molecule has 0 saturated carbocycles. The molecule has 0 unspecified atom stereocenters. The number of ether oxygens (including phenoxy) is 1. The zero-order valence-electron chi connectivity index (χ0n) is 16.5. The molecule has 8 heteroatoms. The molecule has 150 valence electrons. The maximum atomic E-state index is 12.7. The van der Waals surface area contributed by atoms with Gasteiger partial charge in [-0.3, -0.25) is 19.6 Å². The average molecular weight is 394 g/mol. The summed E-state index contributed by atoms with van der Waals surface area (Å²) in [4.78, 5) is 24.8. The molecule has 0 aliphatic rings. The molecule has 3 aromatic rings. The molecule has 0 radical (unpaired) electrons. The van der Waals surface area contributed by atoms with Gasteiger partial charge in [0, 0.05) is 37.5 Å². The predicted molar refractivity (Wildman–Crippen MR) is 108 cm³/mol. The lowest BCUT2D eigenvalue weighted by Gasteiger charge is -2.16. The van der Waals surface area contributed by atoms with Gasteiger partial charge in [0.05, 0.1) is 17.2 Å². The van der Waals surface area contributed by atoms with Gasteiger partial charge in [0.1, 0.15) is 12.4 Å². The van der Waals surface area contributed by atoms with Crippen LogP contribution in [0.15, 0.2) is 54.7 Å². The summed E-state index contributed by atoms with van der Waals surface area (Å²) in [6.07, 6.45) is 1.84. The van der Waals surface area contributed by atoms with Crippen molar-refractivity contribution >= 4 is 11.6 Å². The first-order valence-electron chi connectivity index (χ1n) is 9.04. The van der Waals surface area contributed by atoms with Crippen molar-refractivity contribution in [1.29, 1.82) is 0 Å². The van der Waals surface area contributed by atoms with E-state index in [-0.39, 0.29) is 18.2 Å². The molecule has 0 bridgehead atoms. The van der Waals surface area contributed by atoms with Crippen molar-refractivity contribution in [2.45, 2.75) is 20.1 Å². The zero-order chi connectivity index (χ0) is 21.0. The van der Waals surface area contributed by atoms with Crippen molar-refractivity contribution in [2.75, 3.05) is 7.05 Å². The van der Waals surface area contributed by atoms with Crippen molar-refractivity contribution < 1.29 is 14.5 Å². The minimum atomic E-state index is -0.421. The van der Waals surface area contributed by atoms with Crippen LogP contribution >= 0.6 is 0 Å². The van der Waals surface area contributed by atoms with E-state index in [1.54, 1.807) is 47.8 Å². The third-order valence-corrected chi connectivity index (χ3v) is 4.46. The van der Waals surface area contributed by atoms with Crippen molar-refractivity contribution in [2.24, 2.45) is 7.05 Å². The molecule has 1 aromatic heterocycles. The Morgan fingerprint density at radius 2 is 2.03 bits per heavy atom. The number of aromatic nitrogens is 2. The van der Waals surface area contributed by atoms with E-state index in [2.05, 4.69) is 5.10 Å². The van der Waals surface area contributed by atoms with Crippen molar-refractivity contribution in [3.63, 3.8) is 0 Å². The highest BCUT2D eigenvalue weighted by Gasteiger charge is 2.14. The smallest absolute Gasteiger partial charge is 0.272 e. The Balaban J connectivity index is 1.65. The standard InChI is InChI=1S/C21H22N4O4/c1-15-11-19(7-8-20(15)25(27)28)29-14-16-5-4-6-17(12-16)21(26)23(2)13-18-9-10-24(3)22-18/h4-12H,13-14H2,1-3H3. The highest BCUT2D eigenvalue weighted by atomic mass is 16.6. The third-order valence-electron chi connectivity index (χ3n) is 4.46. The number of carbonyl (C=O) groups is 1. The van der Waals surface area contributed by atoms with Crippen LogP contribution in [0.25, 0.3) is 0 Å². The number of nitrogens with zero attached hydrogens (tertiary/aromatic N) is 4. The molecule has 8 nitrogen and oxygen atoms in total. The molecule has 0 N–H and O–H groups in total. The lowest BCUT2D eigenvalue weighted by atomic mass is 10.1. The molecular formula is C21H22N4O4. The Morgan fingerprint density at radius 3 is 2.69 bits per heavy atom. The molecule has 29 heavy (non-hydrogen) atoms. The number of hydrogen-bond acceptors (Lipinski definition) is 5. The van der Waals surface area contributed by atoms with Gasteiger partial charge >= 0.3 is 0 Å². The zero-order valence-corrected chi connectivity index (χ0v) is 16.5. The first-order valence-corrected chi connectivity index (χ1v) is 9.04. The maximum absolute atomic E-state index is 12.7. The Kier molecular flexibility index (Phi) is 5.92. The molecular weight excluding hydrogens is 372 g/mol. The van der Waals surface area contributed by atoms with Crippen molar-refractivity contribution in [3.05, 3.63) is 87.2 Å². The molecule has 0 aliphatic carbocycles. The third kappa shape index (κ3) is 4.98. The SMILES string of the molecule is Cc1cc(OCc2cccc(C(=O)N(C)Cc3ccn(C)n3)c2)ccc1[N+](=O)[O-]. The van der Waals surface area contributed by atoms with Crippen LogP contribution < -0.4 is 4.74 Å². The normalized spacial score (nSPS) is 10.6. The van der Waals surface area contributed by atoms with Gasteiger partial charge in [-0.25, -0.2) is 0 Å². The van der Waals surface area contributed by atoms with Crippen LogP contribution in [0.2, 0.25) is 0 Å². The van der Waals surface area contributed by atoms with Crippen LogP contribution in [0.4, 0.5) is 5.69 Å². The van der Waals surface area contributed by atoms with Crippen LogP contribution in [-0.2, 0) is 20.2 Å². The lowest BCUT2D eigenvalue weighted by molar-refractivity contribution is -0.385. The quantitative estimate of drug-likeness (QED) is 0.452. The first-order chi connectivity index (χ1) is 13.8. The largest absolute Gasteiger partial charge is 0.489 e. The Bertz CT molecular complexity index is 1040. The van der Waals surface area contributed by atoms with E-state index < -0.39 is 4.92 Å². The fourth-order valence-electron chi connectivity index (χ4n) is 2.97. The minimum Gasteiger partial charge on any atom is -0.489 e. The number of amides is 1. The second-order valence-electron chi connectivity index (χ2n) is 6.84. The summed E-state index contributed by atoms with van der Waals surface area (Å²) in [7, 11) is 3.57. The van der Waals surface area contributed by atoms with Crippen molar-refractivity contribution in [3.8, 4) is 5.75 Å². The van der Waals surface area contributed by atoms with Gasteiger partial charge in [0.25, 0.3) is 11.6 Å².